The second kappa shape index (κ2) is 17.9. The van der Waals surface area contributed by atoms with Gasteiger partial charge in [0.1, 0.15) is 28.9 Å². The number of ether oxygens (including phenoxy) is 3. The standard InChI is InChI=1S/C42H39N7O8S3/c1-25(55-40(53)56-41(2,3)4)54-38(52)35-26(19-20-29-23-60-48-47-29)22-58-37-34(36(51)49(35)37)46-33(50)21-44-57-42(27-13-7-5-8-14-27,28-15-9-6-10-16-28)31-18-12-11-17-30(31)32-24-59-39(43)45-32/h5-21,23-25,34,37H,22H2,1-4H3,(H2,43,45)(H,46,50)/b20-19-,44-21-. The number of allylic oxidation sites excluding steroid dienone is 1. The van der Waals surface area contributed by atoms with Crippen LogP contribution in [0, 0.1) is 0 Å². The van der Waals surface area contributed by atoms with Gasteiger partial charge in [-0.2, -0.15) is 0 Å². The van der Waals surface area contributed by atoms with Gasteiger partial charge in [0.15, 0.2) is 5.13 Å². The summed E-state index contributed by atoms with van der Waals surface area (Å²) in [7, 11) is 0. The summed E-state index contributed by atoms with van der Waals surface area (Å²) in [6, 6.07) is 25.6. The molecule has 60 heavy (non-hydrogen) atoms. The number of fused-ring (bicyclic) bond motifs is 1. The Hall–Kier alpha value is -6.37. The number of hydrogen-bond donors (Lipinski definition) is 2. The Morgan fingerprint density at radius 1 is 0.950 bits per heavy atom. The second-order valence-electron chi connectivity index (χ2n) is 14.3. The lowest BCUT2D eigenvalue weighted by atomic mass is 9.78. The molecule has 2 aliphatic rings. The van der Waals surface area contributed by atoms with Crippen molar-refractivity contribution in [1.82, 2.24) is 24.8 Å². The Morgan fingerprint density at radius 2 is 1.63 bits per heavy atom. The minimum Gasteiger partial charge on any atom is -0.428 e. The fourth-order valence-corrected chi connectivity index (χ4v) is 8.88. The summed E-state index contributed by atoms with van der Waals surface area (Å²) >= 11 is 3.81. The number of hydrogen-bond acceptors (Lipinski definition) is 16. The first-order chi connectivity index (χ1) is 28.8. The largest absolute Gasteiger partial charge is 0.511 e. The molecule has 3 unspecified atom stereocenters. The Labute approximate surface area is 357 Å². The van der Waals surface area contributed by atoms with Crippen LogP contribution in [-0.2, 0) is 39.0 Å². The van der Waals surface area contributed by atoms with Gasteiger partial charge in [0.05, 0.1) is 11.4 Å². The van der Waals surface area contributed by atoms with Gasteiger partial charge in [-0.25, -0.2) is 14.6 Å². The summed E-state index contributed by atoms with van der Waals surface area (Å²) < 4.78 is 19.6. The van der Waals surface area contributed by atoms with Gasteiger partial charge in [0.25, 0.3) is 11.8 Å². The van der Waals surface area contributed by atoms with Crippen LogP contribution in [-0.4, -0.2) is 78.7 Å². The van der Waals surface area contributed by atoms with Crippen molar-refractivity contribution in [3.05, 3.63) is 135 Å². The molecular formula is C42H39N7O8S3. The van der Waals surface area contributed by atoms with Crippen molar-refractivity contribution >= 4 is 76.0 Å². The van der Waals surface area contributed by atoms with Crippen LogP contribution in [0.4, 0.5) is 9.93 Å². The molecular weight excluding hydrogens is 827 g/mol. The number of nitrogens with one attached hydrogen (secondary N) is 1. The molecule has 1 saturated heterocycles. The minimum absolute atomic E-state index is 0.0682. The van der Waals surface area contributed by atoms with E-state index in [0.29, 0.717) is 27.7 Å². The van der Waals surface area contributed by atoms with Gasteiger partial charge >= 0.3 is 12.1 Å². The number of amides is 2. The third-order valence-corrected chi connectivity index (χ3v) is 11.6. The molecule has 0 spiro atoms. The van der Waals surface area contributed by atoms with Gasteiger partial charge in [-0.3, -0.25) is 14.5 Å². The van der Waals surface area contributed by atoms with E-state index in [4.69, 9.17) is 24.8 Å². The van der Waals surface area contributed by atoms with Crippen molar-refractivity contribution in [2.24, 2.45) is 5.16 Å². The number of rotatable bonds is 13. The minimum atomic E-state index is -1.38. The predicted octanol–water partition coefficient (Wildman–Crippen LogP) is 6.75. The Balaban J connectivity index is 1.13. The van der Waals surface area contributed by atoms with Gasteiger partial charge < -0.3 is 30.1 Å². The zero-order valence-electron chi connectivity index (χ0n) is 32.7. The average Bonchev–Trinajstić information content (AvgIpc) is 3.92. The van der Waals surface area contributed by atoms with Crippen molar-refractivity contribution in [2.45, 2.75) is 56.6 Å². The van der Waals surface area contributed by atoms with E-state index in [2.05, 4.69) is 25.0 Å². The van der Waals surface area contributed by atoms with Gasteiger partial charge in [-0.15, -0.1) is 28.2 Å². The number of aromatic nitrogens is 3. The number of thioether (sulfide) groups is 1. The number of esters is 1. The molecule has 18 heteroatoms. The maximum Gasteiger partial charge on any atom is 0.511 e. The fraction of sp³-hybridized carbons (Fsp3) is 0.238. The highest BCUT2D eigenvalue weighted by Crippen LogP contribution is 2.45. The highest BCUT2D eigenvalue weighted by molar-refractivity contribution is 8.00. The van der Waals surface area contributed by atoms with E-state index in [9.17, 15) is 19.2 Å². The molecule has 2 aromatic heterocycles. The second-order valence-corrected chi connectivity index (χ2v) is 16.9. The number of carbonyl (C=O) groups excluding carboxylic acids is 4. The van der Waals surface area contributed by atoms with Crippen molar-refractivity contribution in [3.63, 3.8) is 0 Å². The molecule has 2 aliphatic heterocycles. The van der Waals surface area contributed by atoms with Crippen molar-refractivity contribution in [3.8, 4) is 11.3 Å². The lowest BCUT2D eigenvalue weighted by Crippen LogP contribution is -2.70. The molecule has 0 radical (unpaired) electrons. The lowest BCUT2D eigenvalue weighted by molar-refractivity contribution is -0.170. The van der Waals surface area contributed by atoms with Crippen molar-refractivity contribution in [1.29, 1.82) is 0 Å². The molecule has 1 fully saturated rings. The summed E-state index contributed by atoms with van der Waals surface area (Å²) in [4.78, 5) is 65.7. The summed E-state index contributed by atoms with van der Waals surface area (Å²) in [6.07, 6.45) is 1.89. The molecule has 2 amide bonds. The Bertz CT molecular complexity index is 2410. The number of benzene rings is 3. The predicted molar refractivity (Wildman–Crippen MR) is 228 cm³/mol. The molecule has 3 N–H and O–H groups in total. The van der Waals surface area contributed by atoms with Gasteiger partial charge in [-0.1, -0.05) is 101 Å². The SMILES string of the molecule is CC(OC(=O)OC(C)(C)C)OC(=O)C1=C(/C=C\c2csnn2)CSC2C(NC(=O)/C=N\OC(c3ccccc3)(c3ccccc3)c3ccccc3-c3csc(N)n3)C(=O)N12. The van der Waals surface area contributed by atoms with Crippen LogP contribution in [0.25, 0.3) is 17.3 Å². The number of nitrogens with zero attached hydrogens (tertiary/aromatic N) is 5. The van der Waals surface area contributed by atoms with Crippen LogP contribution in [0.5, 0.6) is 0 Å². The van der Waals surface area contributed by atoms with Crippen molar-refractivity contribution < 1.29 is 38.2 Å². The molecule has 308 valence electrons. The van der Waals surface area contributed by atoms with Crippen LogP contribution < -0.4 is 11.1 Å². The number of anilines is 1. The smallest absolute Gasteiger partial charge is 0.428 e. The third kappa shape index (κ3) is 9.10. The number of thiazole rings is 1. The number of nitrogen functional groups attached to an aromatic ring is 1. The number of carbonyl (C=O) groups is 4. The zero-order chi connectivity index (χ0) is 42.4. The van der Waals surface area contributed by atoms with E-state index in [-0.39, 0.29) is 11.4 Å². The van der Waals surface area contributed by atoms with E-state index < -0.39 is 52.8 Å². The summed E-state index contributed by atoms with van der Waals surface area (Å²) in [6.45, 7) is 6.36. The quantitative estimate of drug-likeness (QED) is 0.0315. The van der Waals surface area contributed by atoms with Crippen molar-refractivity contribution in [2.75, 3.05) is 11.5 Å². The van der Waals surface area contributed by atoms with Gasteiger partial charge in [-0.05, 0) is 44.0 Å². The molecule has 7 rings (SSSR count). The van der Waals surface area contributed by atoms with E-state index in [1.165, 1.54) is 34.9 Å². The first kappa shape index (κ1) is 41.8. The Morgan fingerprint density at radius 3 is 2.27 bits per heavy atom. The third-order valence-electron chi connectivity index (χ3n) is 9.07. The molecule has 4 heterocycles. The van der Waals surface area contributed by atoms with Crippen LogP contribution in [0.2, 0.25) is 0 Å². The molecule has 5 aromatic rings. The van der Waals surface area contributed by atoms with Crippen LogP contribution in [0.3, 0.4) is 0 Å². The normalized spacial score (nSPS) is 17.2. The van der Waals surface area contributed by atoms with Crippen LogP contribution in [0.1, 0.15) is 50.1 Å². The molecule has 3 aromatic carbocycles. The molecule has 0 saturated carbocycles. The first-order valence-corrected chi connectivity index (χ1v) is 21.3. The maximum atomic E-state index is 13.8. The first-order valence-electron chi connectivity index (χ1n) is 18.5. The molecule has 3 atom stereocenters. The maximum absolute atomic E-state index is 13.8. The summed E-state index contributed by atoms with van der Waals surface area (Å²) in [5, 5.41) is 14.3. The van der Waals surface area contributed by atoms with Gasteiger partial charge in [0.2, 0.25) is 11.9 Å². The van der Waals surface area contributed by atoms with E-state index in [0.717, 1.165) is 34.4 Å². The molecule has 0 aliphatic carbocycles. The fourth-order valence-electron chi connectivity index (χ4n) is 6.58. The van der Waals surface area contributed by atoms with Gasteiger partial charge in [0, 0.05) is 45.7 Å². The molecule has 0 bridgehead atoms. The average molecular weight is 866 g/mol. The van der Waals surface area contributed by atoms with E-state index in [1.54, 1.807) is 38.3 Å². The number of β-lactam (4-membered cyclic amide) rings is 1. The molecule has 15 nitrogen and oxygen atoms in total. The monoisotopic (exact) mass is 865 g/mol. The van der Waals surface area contributed by atoms with E-state index >= 15 is 0 Å². The highest BCUT2D eigenvalue weighted by atomic mass is 32.2. The highest BCUT2D eigenvalue weighted by Gasteiger charge is 2.54. The number of oxime groups is 1. The van der Waals surface area contributed by atoms with Crippen LogP contribution in [0.15, 0.2) is 118 Å². The zero-order valence-corrected chi connectivity index (χ0v) is 35.2. The lowest BCUT2D eigenvalue weighted by Gasteiger charge is -2.49. The van der Waals surface area contributed by atoms with E-state index in [1.807, 2.05) is 90.3 Å². The topological polar surface area (TPSA) is 198 Å². The number of nitrogens with two attached hydrogens (primary N) is 1. The summed E-state index contributed by atoms with van der Waals surface area (Å²) in [5.41, 5.74) is 8.31. The van der Waals surface area contributed by atoms with Crippen LogP contribution >= 0.6 is 34.6 Å². The Kier molecular flexibility index (Phi) is 12.4. The summed E-state index contributed by atoms with van der Waals surface area (Å²) in [5.74, 6) is -1.93.